The maximum Gasteiger partial charge on any atom is 0.244 e. The summed E-state index contributed by atoms with van der Waals surface area (Å²) in [7, 11) is -3.86. The lowest BCUT2D eigenvalue weighted by molar-refractivity contribution is -0.140. The molecule has 0 saturated carbocycles. The van der Waals surface area contributed by atoms with Crippen molar-refractivity contribution < 1.29 is 18.0 Å². The summed E-state index contributed by atoms with van der Waals surface area (Å²) >= 11 is 16.0. The molecule has 0 heterocycles. The fraction of sp³-hybridized carbons (Fsp3) is 0.333. The summed E-state index contributed by atoms with van der Waals surface area (Å²) in [6.45, 7) is 3.79. The zero-order chi connectivity index (χ0) is 30.2. The second-order valence-corrected chi connectivity index (χ2v) is 13.4. The van der Waals surface area contributed by atoms with Crippen molar-refractivity contribution in [3.05, 3.63) is 97.9 Å². The van der Waals surface area contributed by atoms with Gasteiger partial charge >= 0.3 is 0 Å². The van der Waals surface area contributed by atoms with Crippen LogP contribution < -0.4 is 9.62 Å². The number of carbonyl (C=O) groups excluding carboxylic acids is 2. The minimum atomic E-state index is -3.86. The average Bonchev–Trinajstić information content (AvgIpc) is 2.92. The summed E-state index contributed by atoms with van der Waals surface area (Å²) in [4.78, 5) is 29.2. The van der Waals surface area contributed by atoms with Gasteiger partial charge in [-0.3, -0.25) is 13.9 Å². The van der Waals surface area contributed by atoms with Crippen molar-refractivity contribution >= 4 is 66.7 Å². The van der Waals surface area contributed by atoms with Crippen molar-refractivity contribution in [2.75, 3.05) is 23.7 Å². The lowest BCUT2D eigenvalue weighted by Crippen LogP contribution is -2.53. The standard InChI is InChI=1S/C30H34BrCl2N3O4S/c1-4-5-15-34-30(38)28(17-22-9-7-6-8-10-22)35(19-23-11-12-24(32)18-27(23)33)29(37)20-36(41(3,39)40)25-13-14-26(31)21(2)16-25/h6-14,16,18,28H,4-5,15,17,19-20H2,1-3H3,(H,34,38)/t28-/m1/s1. The van der Waals surface area contributed by atoms with Crippen molar-refractivity contribution in [2.24, 2.45) is 0 Å². The molecule has 0 spiro atoms. The van der Waals surface area contributed by atoms with E-state index in [1.165, 1.54) is 4.90 Å². The van der Waals surface area contributed by atoms with E-state index in [0.717, 1.165) is 39.0 Å². The molecule has 0 fully saturated rings. The van der Waals surface area contributed by atoms with Crippen molar-refractivity contribution in [1.29, 1.82) is 0 Å². The van der Waals surface area contributed by atoms with Gasteiger partial charge in [-0.25, -0.2) is 8.42 Å². The highest BCUT2D eigenvalue weighted by molar-refractivity contribution is 9.10. The van der Waals surface area contributed by atoms with Gasteiger partial charge in [0.2, 0.25) is 21.8 Å². The van der Waals surface area contributed by atoms with Crippen LogP contribution in [0.4, 0.5) is 5.69 Å². The molecule has 1 N–H and O–H groups in total. The van der Waals surface area contributed by atoms with Gasteiger partial charge in [-0.1, -0.05) is 88.9 Å². The highest BCUT2D eigenvalue weighted by atomic mass is 79.9. The van der Waals surface area contributed by atoms with E-state index in [2.05, 4.69) is 21.2 Å². The molecule has 0 aromatic heterocycles. The number of sulfonamides is 1. The zero-order valence-corrected chi connectivity index (χ0v) is 27.2. The smallest absolute Gasteiger partial charge is 0.244 e. The summed E-state index contributed by atoms with van der Waals surface area (Å²) < 4.78 is 27.7. The second kappa shape index (κ2) is 15.0. The predicted octanol–water partition coefficient (Wildman–Crippen LogP) is 6.39. The molecule has 0 aliphatic heterocycles. The van der Waals surface area contributed by atoms with Gasteiger partial charge in [0, 0.05) is 34.0 Å². The van der Waals surface area contributed by atoms with Crippen molar-refractivity contribution in [3.63, 3.8) is 0 Å². The van der Waals surface area contributed by atoms with Crippen molar-refractivity contribution in [1.82, 2.24) is 10.2 Å². The van der Waals surface area contributed by atoms with Crippen LogP contribution in [0.5, 0.6) is 0 Å². The van der Waals surface area contributed by atoms with Crippen LogP contribution in [0.15, 0.2) is 71.2 Å². The van der Waals surface area contributed by atoms with Crippen molar-refractivity contribution in [2.45, 2.75) is 45.7 Å². The van der Waals surface area contributed by atoms with E-state index in [4.69, 9.17) is 23.2 Å². The number of unbranched alkanes of at least 4 members (excludes halogenated alkanes) is 1. The summed E-state index contributed by atoms with van der Waals surface area (Å²) in [5.41, 5.74) is 2.59. The molecule has 0 unspecified atom stereocenters. The molecule has 2 amide bonds. The van der Waals surface area contributed by atoms with Crippen LogP contribution in [0.1, 0.15) is 36.5 Å². The second-order valence-electron chi connectivity index (χ2n) is 9.81. The van der Waals surface area contributed by atoms with Crippen LogP contribution in [0.2, 0.25) is 10.0 Å². The zero-order valence-electron chi connectivity index (χ0n) is 23.2. The number of amides is 2. The Morgan fingerprint density at radius 2 is 1.73 bits per heavy atom. The molecule has 220 valence electrons. The van der Waals surface area contributed by atoms with E-state index in [1.54, 1.807) is 36.4 Å². The van der Waals surface area contributed by atoms with E-state index in [1.807, 2.05) is 44.2 Å². The molecule has 3 aromatic carbocycles. The Labute approximate surface area is 261 Å². The number of anilines is 1. The molecule has 1 atom stereocenters. The SMILES string of the molecule is CCCCNC(=O)[C@@H](Cc1ccccc1)N(Cc1ccc(Cl)cc1Cl)C(=O)CN(c1ccc(Br)c(C)c1)S(C)(=O)=O. The first-order chi connectivity index (χ1) is 19.4. The third kappa shape index (κ3) is 9.46. The summed E-state index contributed by atoms with van der Waals surface area (Å²) in [5.74, 6) is -0.875. The van der Waals surface area contributed by atoms with Crippen LogP contribution in [-0.4, -0.2) is 50.5 Å². The lowest BCUT2D eigenvalue weighted by Gasteiger charge is -2.33. The van der Waals surface area contributed by atoms with E-state index in [-0.39, 0.29) is 18.9 Å². The normalized spacial score (nSPS) is 12.0. The minimum absolute atomic E-state index is 0.0233. The van der Waals surface area contributed by atoms with Gasteiger partial charge in [0.15, 0.2) is 0 Å². The number of nitrogens with one attached hydrogen (secondary N) is 1. The number of rotatable bonds is 13. The van der Waals surface area contributed by atoms with Crippen molar-refractivity contribution in [3.8, 4) is 0 Å². The maximum atomic E-state index is 14.1. The number of halogens is 3. The van der Waals surface area contributed by atoms with E-state index < -0.39 is 28.5 Å². The Hall–Kier alpha value is -2.59. The van der Waals surface area contributed by atoms with Crippen LogP contribution >= 0.6 is 39.1 Å². The molecular formula is C30H34BrCl2N3O4S. The van der Waals surface area contributed by atoms with Crippen LogP contribution in [0, 0.1) is 6.92 Å². The third-order valence-electron chi connectivity index (χ3n) is 6.57. The molecule has 0 saturated heterocycles. The Kier molecular flexibility index (Phi) is 12.1. The number of hydrogen-bond donors (Lipinski definition) is 1. The van der Waals surface area contributed by atoms with Crippen LogP contribution in [-0.2, 0) is 32.6 Å². The lowest BCUT2D eigenvalue weighted by atomic mass is 10.0. The highest BCUT2D eigenvalue weighted by Gasteiger charge is 2.33. The molecule has 11 heteroatoms. The van der Waals surface area contributed by atoms with Gasteiger partial charge in [0.1, 0.15) is 12.6 Å². The first-order valence-corrected chi connectivity index (χ1v) is 16.6. The first-order valence-electron chi connectivity index (χ1n) is 13.2. The Morgan fingerprint density at radius 3 is 2.34 bits per heavy atom. The van der Waals surface area contributed by atoms with E-state index in [9.17, 15) is 18.0 Å². The monoisotopic (exact) mass is 681 g/mol. The number of hydrogen-bond acceptors (Lipinski definition) is 4. The molecule has 0 radical (unpaired) electrons. The largest absolute Gasteiger partial charge is 0.354 e. The van der Waals surface area contributed by atoms with Gasteiger partial charge in [-0.15, -0.1) is 0 Å². The molecule has 0 bridgehead atoms. The van der Waals surface area contributed by atoms with Gasteiger partial charge in [0.05, 0.1) is 11.9 Å². The Balaban J connectivity index is 2.07. The van der Waals surface area contributed by atoms with E-state index >= 15 is 0 Å². The number of nitrogens with zero attached hydrogens (tertiary/aromatic N) is 2. The molecule has 3 rings (SSSR count). The molecule has 0 aliphatic carbocycles. The van der Waals surface area contributed by atoms with Gasteiger partial charge in [-0.05, 0) is 60.4 Å². The fourth-order valence-corrected chi connectivity index (χ4v) is 5.85. The first kappa shape index (κ1) is 32.9. The third-order valence-corrected chi connectivity index (χ3v) is 9.18. The molecule has 0 aliphatic rings. The van der Waals surface area contributed by atoms with Gasteiger partial charge in [-0.2, -0.15) is 0 Å². The Bertz CT molecular complexity index is 1470. The average molecular weight is 683 g/mol. The fourth-order valence-electron chi connectivity index (χ4n) is 4.29. The summed E-state index contributed by atoms with van der Waals surface area (Å²) in [6, 6.07) is 18.4. The number of carbonyl (C=O) groups is 2. The summed E-state index contributed by atoms with van der Waals surface area (Å²) in [6.07, 6.45) is 2.96. The minimum Gasteiger partial charge on any atom is -0.354 e. The quantitative estimate of drug-likeness (QED) is 0.212. The highest BCUT2D eigenvalue weighted by Crippen LogP contribution is 2.27. The van der Waals surface area contributed by atoms with Gasteiger partial charge < -0.3 is 10.2 Å². The molecule has 3 aromatic rings. The molecule has 7 nitrogen and oxygen atoms in total. The molecular weight excluding hydrogens is 649 g/mol. The number of benzene rings is 3. The number of aryl methyl sites for hydroxylation is 1. The van der Waals surface area contributed by atoms with Crippen LogP contribution in [0.3, 0.4) is 0 Å². The topological polar surface area (TPSA) is 86.8 Å². The maximum absolute atomic E-state index is 14.1. The van der Waals surface area contributed by atoms with E-state index in [0.29, 0.717) is 27.8 Å². The Morgan fingerprint density at radius 1 is 1.02 bits per heavy atom. The van der Waals surface area contributed by atoms with Gasteiger partial charge in [0.25, 0.3) is 0 Å². The summed E-state index contributed by atoms with van der Waals surface area (Å²) in [5, 5.41) is 3.72. The van der Waals surface area contributed by atoms with Crippen LogP contribution in [0.25, 0.3) is 0 Å². The molecule has 41 heavy (non-hydrogen) atoms. The predicted molar refractivity (Wildman–Crippen MR) is 170 cm³/mol.